The van der Waals surface area contributed by atoms with Gasteiger partial charge < -0.3 is 5.32 Å². The first kappa shape index (κ1) is 13.7. The molecule has 1 aromatic rings. The molecule has 2 heteroatoms. The van der Waals surface area contributed by atoms with Gasteiger partial charge in [0.15, 0.2) is 0 Å². The lowest BCUT2D eigenvalue weighted by atomic mass is 9.95. The minimum absolute atomic E-state index is 0.292. The van der Waals surface area contributed by atoms with E-state index in [4.69, 9.17) is 5.26 Å². The zero-order valence-electron chi connectivity index (χ0n) is 11.0. The fourth-order valence-electron chi connectivity index (χ4n) is 1.98. The van der Waals surface area contributed by atoms with Crippen molar-refractivity contribution in [2.24, 2.45) is 0 Å². The lowest BCUT2D eigenvalue weighted by Crippen LogP contribution is -2.16. The molecule has 0 heterocycles. The van der Waals surface area contributed by atoms with Crippen LogP contribution in [0.1, 0.15) is 56.2 Å². The third-order valence-electron chi connectivity index (χ3n) is 3.41. The predicted molar refractivity (Wildman–Crippen MR) is 71.8 cm³/mol. The van der Waals surface area contributed by atoms with Crippen LogP contribution in [0, 0.1) is 11.3 Å². The third kappa shape index (κ3) is 3.87. The smallest absolute Gasteiger partial charge is 0.0622 e. The van der Waals surface area contributed by atoms with Crippen LogP contribution in [0.2, 0.25) is 0 Å². The summed E-state index contributed by atoms with van der Waals surface area (Å²) in [6.07, 6.45) is 2.64. The van der Waals surface area contributed by atoms with Crippen molar-refractivity contribution in [3.8, 4) is 6.07 Å². The molecule has 1 rings (SSSR count). The van der Waals surface area contributed by atoms with Gasteiger partial charge in [-0.25, -0.2) is 0 Å². The Morgan fingerprint density at radius 1 is 1.24 bits per heavy atom. The summed E-state index contributed by atoms with van der Waals surface area (Å²) in [5.41, 5.74) is 2.67. The molecule has 0 fully saturated rings. The summed E-state index contributed by atoms with van der Waals surface area (Å²) >= 11 is 0. The number of benzene rings is 1. The first-order chi connectivity index (χ1) is 8.22. The molecule has 0 saturated heterocycles. The zero-order chi connectivity index (χ0) is 12.7. The molecule has 0 amide bonds. The zero-order valence-corrected chi connectivity index (χ0v) is 11.0. The van der Waals surface area contributed by atoms with Crippen LogP contribution in [0.5, 0.6) is 0 Å². The van der Waals surface area contributed by atoms with Gasteiger partial charge in [-0.15, -0.1) is 0 Å². The van der Waals surface area contributed by atoms with Crippen molar-refractivity contribution in [3.05, 3.63) is 35.4 Å². The Kier molecular flexibility index (Phi) is 5.72. The summed E-state index contributed by atoms with van der Waals surface area (Å²) in [5, 5.41) is 11.9. The maximum Gasteiger partial charge on any atom is 0.0622 e. The van der Waals surface area contributed by atoms with E-state index in [1.807, 2.05) is 7.05 Å². The van der Waals surface area contributed by atoms with Crippen LogP contribution in [0.15, 0.2) is 24.3 Å². The molecule has 0 aliphatic carbocycles. The molecule has 0 spiro atoms. The number of nitrogens with one attached hydrogen (secondary N) is 1. The fourth-order valence-corrected chi connectivity index (χ4v) is 1.98. The molecule has 1 N–H and O–H groups in total. The van der Waals surface area contributed by atoms with Crippen molar-refractivity contribution >= 4 is 0 Å². The lowest BCUT2D eigenvalue weighted by Gasteiger charge is -2.16. The van der Waals surface area contributed by atoms with E-state index in [9.17, 15) is 0 Å². The van der Waals surface area contributed by atoms with E-state index in [0.717, 1.165) is 6.42 Å². The lowest BCUT2D eigenvalue weighted by molar-refractivity contribution is 0.556. The van der Waals surface area contributed by atoms with Crippen molar-refractivity contribution in [2.45, 2.75) is 45.1 Å². The van der Waals surface area contributed by atoms with Gasteiger partial charge in [0.05, 0.1) is 6.07 Å². The Balaban J connectivity index is 2.74. The molecule has 2 atom stereocenters. The van der Waals surface area contributed by atoms with Crippen LogP contribution in [0.3, 0.4) is 0 Å². The second-order valence-corrected chi connectivity index (χ2v) is 4.51. The highest BCUT2D eigenvalue weighted by atomic mass is 14.9. The molecule has 17 heavy (non-hydrogen) atoms. The van der Waals surface area contributed by atoms with E-state index in [2.05, 4.69) is 49.5 Å². The van der Waals surface area contributed by atoms with Crippen LogP contribution in [0.25, 0.3) is 0 Å². The van der Waals surface area contributed by atoms with E-state index in [-0.39, 0.29) is 0 Å². The summed E-state index contributed by atoms with van der Waals surface area (Å²) in [7, 11) is 1.95. The summed E-state index contributed by atoms with van der Waals surface area (Å²) in [5.74, 6) is 0.621. The second kappa shape index (κ2) is 7.09. The summed E-state index contributed by atoms with van der Waals surface area (Å²) in [6.45, 7) is 4.46. The van der Waals surface area contributed by atoms with Gasteiger partial charge in [0.25, 0.3) is 0 Å². The highest BCUT2D eigenvalue weighted by Crippen LogP contribution is 2.23. The monoisotopic (exact) mass is 230 g/mol. The van der Waals surface area contributed by atoms with E-state index >= 15 is 0 Å². The van der Waals surface area contributed by atoms with Gasteiger partial charge in [-0.2, -0.15) is 5.26 Å². The van der Waals surface area contributed by atoms with Crippen LogP contribution in [-0.2, 0) is 0 Å². The Labute approximate surface area is 105 Å². The highest BCUT2D eigenvalue weighted by molar-refractivity contribution is 5.27. The standard InChI is InChI=1S/C15H22N2/c1-4-12(2)13-7-9-14(10-8-13)15(17-3)6-5-11-16/h7-10,12,15,17H,4-6H2,1-3H3. The largest absolute Gasteiger partial charge is 0.313 e. The Bertz CT molecular complexity index is 362. The number of hydrogen-bond acceptors (Lipinski definition) is 2. The molecule has 2 unspecified atom stereocenters. The van der Waals surface area contributed by atoms with Crippen molar-refractivity contribution < 1.29 is 0 Å². The number of hydrogen-bond donors (Lipinski definition) is 1. The van der Waals surface area contributed by atoms with Gasteiger partial charge in [-0.3, -0.25) is 0 Å². The van der Waals surface area contributed by atoms with Crippen molar-refractivity contribution in [1.82, 2.24) is 5.32 Å². The predicted octanol–water partition coefficient (Wildman–Crippen LogP) is 3.76. The van der Waals surface area contributed by atoms with E-state index in [1.54, 1.807) is 0 Å². The Morgan fingerprint density at radius 3 is 2.29 bits per heavy atom. The number of nitriles is 1. The van der Waals surface area contributed by atoms with Gasteiger partial charge in [-0.1, -0.05) is 38.1 Å². The molecule has 92 valence electrons. The molecule has 0 aromatic heterocycles. The molecule has 0 saturated carbocycles. The molecular weight excluding hydrogens is 208 g/mol. The van der Waals surface area contributed by atoms with Gasteiger partial charge in [0.2, 0.25) is 0 Å². The average Bonchev–Trinajstić information content (AvgIpc) is 2.39. The first-order valence-electron chi connectivity index (χ1n) is 6.37. The Hall–Kier alpha value is -1.33. The Morgan fingerprint density at radius 2 is 1.82 bits per heavy atom. The summed E-state index contributed by atoms with van der Waals surface area (Å²) in [6, 6.07) is 11.3. The molecular formula is C15H22N2. The first-order valence-corrected chi connectivity index (χ1v) is 6.37. The van der Waals surface area contributed by atoms with Crippen LogP contribution >= 0.6 is 0 Å². The van der Waals surface area contributed by atoms with Gasteiger partial charge in [-0.05, 0) is 36.9 Å². The molecule has 2 nitrogen and oxygen atoms in total. The van der Waals surface area contributed by atoms with Gasteiger partial charge in [0, 0.05) is 12.5 Å². The second-order valence-electron chi connectivity index (χ2n) is 4.51. The van der Waals surface area contributed by atoms with Crippen LogP contribution in [0.4, 0.5) is 0 Å². The number of nitrogens with zero attached hydrogens (tertiary/aromatic N) is 1. The minimum atomic E-state index is 0.292. The summed E-state index contributed by atoms with van der Waals surface area (Å²) in [4.78, 5) is 0. The average molecular weight is 230 g/mol. The van der Waals surface area contributed by atoms with Gasteiger partial charge in [0.1, 0.15) is 0 Å². The normalized spacial score (nSPS) is 14.0. The maximum atomic E-state index is 8.63. The van der Waals surface area contributed by atoms with Crippen LogP contribution < -0.4 is 5.32 Å². The SMILES string of the molecule is CCC(C)c1ccc(C(CCC#N)NC)cc1. The van der Waals surface area contributed by atoms with Crippen molar-refractivity contribution in [1.29, 1.82) is 5.26 Å². The maximum absolute atomic E-state index is 8.63. The van der Waals surface area contributed by atoms with Crippen LogP contribution in [-0.4, -0.2) is 7.05 Å². The molecule has 1 aromatic carbocycles. The molecule has 0 radical (unpaired) electrons. The number of rotatable bonds is 6. The summed E-state index contributed by atoms with van der Waals surface area (Å²) < 4.78 is 0. The van der Waals surface area contributed by atoms with Crippen molar-refractivity contribution in [2.75, 3.05) is 7.05 Å². The van der Waals surface area contributed by atoms with E-state index in [0.29, 0.717) is 18.4 Å². The van der Waals surface area contributed by atoms with E-state index < -0.39 is 0 Å². The third-order valence-corrected chi connectivity index (χ3v) is 3.41. The van der Waals surface area contributed by atoms with Crippen molar-refractivity contribution in [3.63, 3.8) is 0 Å². The fraction of sp³-hybridized carbons (Fsp3) is 0.533. The molecule has 0 aliphatic rings. The quantitative estimate of drug-likeness (QED) is 0.807. The minimum Gasteiger partial charge on any atom is -0.313 e. The molecule has 0 bridgehead atoms. The topological polar surface area (TPSA) is 35.8 Å². The van der Waals surface area contributed by atoms with E-state index in [1.165, 1.54) is 17.5 Å². The highest BCUT2D eigenvalue weighted by Gasteiger charge is 2.09. The van der Waals surface area contributed by atoms with Gasteiger partial charge >= 0.3 is 0 Å². The molecule has 0 aliphatic heterocycles.